The Morgan fingerprint density at radius 3 is 1.86 bits per heavy atom. The maximum atomic E-state index is 8.09. The van der Waals surface area contributed by atoms with Crippen LogP contribution >= 0.6 is 0 Å². The monoisotopic (exact) mass is 518 g/mol. The zero-order valence-electron chi connectivity index (χ0n) is 21.0. The summed E-state index contributed by atoms with van der Waals surface area (Å²) in [6, 6.07) is 11.8. The molecule has 2 heterocycles. The van der Waals surface area contributed by atoms with Crippen molar-refractivity contribution in [1.29, 1.82) is 5.26 Å². The zero-order chi connectivity index (χ0) is 25.1. The molecule has 212 valence electrons. The fraction of sp³-hybridized carbons (Fsp3) is 0.571. The van der Waals surface area contributed by atoms with Crippen LogP contribution in [0, 0.1) is 11.5 Å². The minimum absolute atomic E-state index is 0. The van der Waals surface area contributed by atoms with Crippen molar-refractivity contribution in [3.05, 3.63) is 48.8 Å². The van der Waals surface area contributed by atoms with Crippen LogP contribution in [0.5, 0.6) is 0 Å². The minimum Gasteiger partial charge on any atom is -0.385 e. The van der Waals surface area contributed by atoms with Gasteiger partial charge in [0.05, 0.1) is 0 Å². The number of nitrogens with two attached hydrogens (primary N) is 1. The molecule has 0 spiro atoms. The van der Waals surface area contributed by atoms with Gasteiger partial charge in [-0.1, -0.05) is 67.5 Å². The number of guanidine groups is 1. The lowest BCUT2D eigenvalue weighted by Crippen LogP contribution is -2.27. The van der Waals surface area contributed by atoms with Crippen molar-refractivity contribution in [2.24, 2.45) is 10.7 Å². The summed E-state index contributed by atoms with van der Waals surface area (Å²) in [5.74, 6) is 2.11. The molecule has 0 aromatic carbocycles. The van der Waals surface area contributed by atoms with Crippen LogP contribution in [0.4, 0.5) is 11.6 Å². The number of unbranched alkanes of at least 4 members (excludes halogenated alkanes) is 3. The van der Waals surface area contributed by atoms with E-state index in [1.165, 1.54) is 32.1 Å². The topological polar surface area (TPSA) is 133 Å². The van der Waals surface area contributed by atoms with E-state index in [0.29, 0.717) is 13.2 Å². The van der Waals surface area contributed by atoms with Crippen molar-refractivity contribution in [2.45, 2.75) is 74.7 Å². The Labute approximate surface area is 227 Å². The van der Waals surface area contributed by atoms with Crippen molar-refractivity contribution in [3.63, 3.8) is 0 Å². The van der Waals surface area contributed by atoms with Gasteiger partial charge in [0.1, 0.15) is 11.6 Å². The molecule has 0 amide bonds. The predicted molar refractivity (Wildman–Crippen MR) is 162 cm³/mol. The number of ether oxygens (including phenoxy) is 1. The quantitative estimate of drug-likeness (QED) is 0.0798. The fourth-order valence-corrected chi connectivity index (χ4v) is 2.42. The summed E-state index contributed by atoms with van der Waals surface area (Å²) in [5.41, 5.74) is 5.24. The van der Waals surface area contributed by atoms with Crippen molar-refractivity contribution >= 4 is 17.6 Å². The molecule has 2 rings (SSSR count). The first-order valence-corrected chi connectivity index (χ1v) is 11.9. The average molecular weight is 519 g/mol. The number of methoxy groups -OCH3 is 1. The van der Waals surface area contributed by atoms with Gasteiger partial charge in [-0.3, -0.25) is 10.3 Å². The molecule has 0 unspecified atom stereocenters. The normalized spacial score (nSPS) is 9.19. The van der Waals surface area contributed by atoms with Crippen LogP contribution < -0.4 is 21.7 Å². The molecule has 9 heteroatoms. The van der Waals surface area contributed by atoms with Gasteiger partial charge < -0.3 is 21.1 Å². The summed E-state index contributed by atoms with van der Waals surface area (Å²) < 4.78 is 4.79. The third kappa shape index (κ3) is 28.7. The van der Waals surface area contributed by atoms with Crippen molar-refractivity contribution in [2.75, 3.05) is 44.0 Å². The Hall–Kier alpha value is -3.38. The fourth-order valence-electron chi connectivity index (χ4n) is 2.42. The highest BCUT2D eigenvalue weighted by Crippen LogP contribution is 2.01. The molecule has 5 N–H and O–H groups in total. The van der Waals surface area contributed by atoms with Crippen LogP contribution in [0.2, 0.25) is 0 Å². The minimum atomic E-state index is 0. The molecule has 0 radical (unpaired) electrons. The Bertz CT molecular complexity index is 752. The Morgan fingerprint density at radius 2 is 1.43 bits per heavy atom. The third-order valence-corrected chi connectivity index (χ3v) is 4.23. The molecule has 2 aromatic rings. The van der Waals surface area contributed by atoms with Crippen molar-refractivity contribution in [1.82, 2.24) is 15.3 Å². The van der Waals surface area contributed by atoms with Gasteiger partial charge >= 0.3 is 0 Å². The van der Waals surface area contributed by atoms with Gasteiger partial charge in [-0.15, -0.1) is 0 Å². The highest BCUT2D eigenvalue weighted by atomic mass is 16.5. The van der Waals surface area contributed by atoms with Gasteiger partial charge in [0, 0.05) is 45.7 Å². The van der Waals surface area contributed by atoms with Gasteiger partial charge in [0.25, 0.3) is 0 Å². The molecule has 0 fully saturated rings. The molecular formula is C28H54N8O. The number of rotatable bonds is 13. The molecule has 37 heavy (non-hydrogen) atoms. The second-order valence-corrected chi connectivity index (χ2v) is 7.19. The lowest BCUT2D eigenvalue weighted by atomic mass is 10.2. The summed E-state index contributed by atoms with van der Waals surface area (Å²) in [7, 11) is 1.63. The SMILES string of the molecule is C.C.C.CCCCCNc1ccccn1.CCCCNc1ccccn1.COCCCN=C(N)NC#N. The van der Waals surface area contributed by atoms with Gasteiger partial charge in [0.15, 0.2) is 6.19 Å². The Balaban J connectivity index is -0.000000212. The largest absolute Gasteiger partial charge is 0.385 e. The van der Waals surface area contributed by atoms with Gasteiger partial charge in [0.2, 0.25) is 5.96 Å². The first-order valence-electron chi connectivity index (χ1n) is 11.9. The molecule has 0 aliphatic carbocycles. The first-order chi connectivity index (χ1) is 16.7. The van der Waals surface area contributed by atoms with Crippen LogP contribution in [-0.4, -0.2) is 49.3 Å². The number of aromatic nitrogens is 2. The van der Waals surface area contributed by atoms with E-state index in [0.717, 1.165) is 31.1 Å². The molecule has 2 aromatic heterocycles. The van der Waals surface area contributed by atoms with Crippen LogP contribution in [0.1, 0.15) is 74.7 Å². The summed E-state index contributed by atoms with van der Waals surface area (Å²) in [6.07, 6.45) is 12.3. The highest BCUT2D eigenvalue weighted by Gasteiger charge is 1.90. The number of aliphatic imine (C=N–C) groups is 1. The number of nitriles is 1. The van der Waals surface area contributed by atoms with Crippen molar-refractivity contribution in [3.8, 4) is 6.19 Å². The molecule has 9 nitrogen and oxygen atoms in total. The number of hydrogen-bond acceptors (Lipinski definition) is 7. The van der Waals surface area contributed by atoms with E-state index in [4.69, 9.17) is 15.7 Å². The van der Waals surface area contributed by atoms with Crippen molar-refractivity contribution < 1.29 is 4.74 Å². The van der Waals surface area contributed by atoms with E-state index >= 15 is 0 Å². The van der Waals surface area contributed by atoms with Crippen LogP contribution in [-0.2, 0) is 4.74 Å². The van der Waals surface area contributed by atoms with Crippen LogP contribution in [0.3, 0.4) is 0 Å². The van der Waals surface area contributed by atoms with E-state index < -0.39 is 0 Å². The molecule has 0 aliphatic rings. The molecular weight excluding hydrogens is 464 g/mol. The van der Waals surface area contributed by atoms with E-state index in [9.17, 15) is 0 Å². The third-order valence-electron chi connectivity index (χ3n) is 4.23. The zero-order valence-corrected chi connectivity index (χ0v) is 21.0. The molecule has 0 bridgehead atoms. The summed E-state index contributed by atoms with van der Waals surface area (Å²) >= 11 is 0. The standard InChI is InChI=1S/C10H16N2.C9H14N2.C6H12N4O.3CH4/c1-2-3-5-8-11-10-7-4-6-9-12-10;1-2-3-7-10-9-6-4-5-8-11-9;1-11-4-2-3-9-6(8)10-5-7;;;/h4,6-7,9H,2-3,5,8H2,1H3,(H,11,12);4-6,8H,2-3,7H2,1H3,(H,10,11);2-4H2,1H3,(H3,8,9,10);3*1H4. The number of hydrogen-bond donors (Lipinski definition) is 4. The smallest absolute Gasteiger partial charge is 0.202 e. The predicted octanol–water partition coefficient (Wildman–Crippen LogP) is 6.29. The molecule has 0 aliphatic heterocycles. The summed E-state index contributed by atoms with van der Waals surface area (Å²) in [6.45, 7) is 7.68. The maximum Gasteiger partial charge on any atom is 0.202 e. The summed E-state index contributed by atoms with van der Waals surface area (Å²) in [5, 5.41) is 16.8. The highest BCUT2D eigenvalue weighted by molar-refractivity contribution is 5.79. The van der Waals surface area contributed by atoms with E-state index in [2.05, 4.69) is 44.8 Å². The second kappa shape index (κ2) is 32.6. The molecule has 0 atom stereocenters. The lowest BCUT2D eigenvalue weighted by molar-refractivity contribution is 0.197. The number of anilines is 2. The average Bonchev–Trinajstić information content (AvgIpc) is 2.87. The van der Waals surface area contributed by atoms with Gasteiger partial charge in [-0.2, -0.15) is 5.26 Å². The molecule has 0 saturated carbocycles. The second-order valence-electron chi connectivity index (χ2n) is 7.19. The van der Waals surface area contributed by atoms with Gasteiger partial charge in [-0.25, -0.2) is 9.97 Å². The van der Waals surface area contributed by atoms with E-state index in [-0.39, 0.29) is 28.2 Å². The number of pyridine rings is 2. The summed E-state index contributed by atoms with van der Waals surface area (Å²) in [4.78, 5) is 12.1. The van der Waals surface area contributed by atoms with E-state index in [1.54, 1.807) is 19.5 Å². The Kier molecular flexibility index (Phi) is 35.9. The van der Waals surface area contributed by atoms with E-state index in [1.807, 2.05) is 42.6 Å². The number of nitrogens with zero attached hydrogens (tertiary/aromatic N) is 4. The Morgan fingerprint density at radius 1 is 0.892 bits per heavy atom. The van der Waals surface area contributed by atoms with Crippen LogP contribution in [0.25, 0.3) is 0 Å². The maximum absolute atomic E-state index is 8.09. The van der Waals surface area contributed by atoms with Gasteiger partial charge in [-0.05, 0) is 43.5 Å². The lowest BCUT2D eigenvalue weighted by Gasteiger charge is -2.03. The first kappa shape index (κ1) is 40.8. The molecule has 0 saturated heterocycles. The van der Waals surface area contributed by atoms with Crippen LogP contribution in [0.15, 0.2) is 53.8 Å². The number of nitrogens with one attached hydrogen (secondary N) is 3.